The summed E-state index contributed by atoms with van der Waals surface area (Å²) in [7, 11) is 0. The minimum absolute atomic E-state index is 0.482. The minimum atomic E-state index is -0.482. The highest BCUT2D eigenvalue weighted by Gasteiger charge is 2.46. The van der Waals surface area contributed by atoms with Crippen molar-refractivity contribution in [1.29, 1.82) is 0 Å². The third-order valence-corrected chi connectivity index (χ3v) is 15.5. The Morgan fingerprint density at radius 1 is 0.267 bits per heavy atom. The predicted octanol–water partition coefficient (Wildman–Crippen LogP) is 19.3. The summed E-state index contributed by atoms with van der Waals surface area (Å²) >= 11 is 0. The van der Waals surface area contributed by atoms with Crippen LogP contribution in [0.2, 0.25) is 0 Å². The lowest BCUT2D eigenvalue weighted by Gasteiger charge is -2.34. The molecule has 12 aromatic carbocycles. The summed E-state index contributed by atoms with van der Waals surface area (Å²) in [6, 6.07) is 111. The van der Waals surface area contributed by atoms with Crippen molar-refractivity contribution >= 4 is 38.9 Å². The zero-order valence-electron chi connectivity index (χ0n) is 41.3. The van der Waals surface area contributed by atoms with Crippen molar-refractivity contribution in [2.75, 3.05) is 4.90 Å². The Balaban J connectivity index is 0.945. The molecule has 1 aliphatic carbocycles. The third kappa shape index (κ3) is 7.25. The lowest BCUT2D eigenvalue weighted by Crippen LogP contribution is -2.28. The first kappa shape index (κ1) is 44.0. The van der Waals surface area contributed by atoms with Gasteiger partial charge in [-0.2, -0.15) is 0 Å². The predicted molar refractivity (Wildman–Crippen MR) is 315 cm³/mol. The van der Waals surface area contributed by atoms with Crippen molar-refractivity contribution in [1.82, 2.24) is 4.57 Å². The number of rotatable bonds is 10. The zero-order valence-corrected chi connectivity index (χ0v) is 41.3. The van der Waals surface area contributed by atoms with Crippen molar-refractivity contribution in [2.24, 2.45) is 0 Å². The molecule has 0 atom stereocenters. The van der Waals surface area contributed by atoms with E-state index >= 15 is 0 Å². The summed E-state index contributed by atoms with van der Waals surface area (Å²) in [6.45, 7) is 0. The number of para-hydroxylation sites is 3. The maximum atomic E-state index is 2.46. The van der Waals surface area contributed by atoms with E-state index in [2.05, 4.69) is 313 Å². The highest BCUT2D eigenvalue weighted by molar-refractivity contribution is 6.09. The maximum Gasteiger partial charge on any atom is 0.0713 e. The van der Waals surface area contributed by atoms with E-state index in [1.54, 1.807) is 0 Å². The van der Waals surface area contributed by atoms with E-state index in [9.17, 15) is 0 Å². The van der Waals surface area contributed by atoms with Crippen LogP contribution < -0.4 is 4.90 Å². The van der Waals surface area contributed by atoms with E-state index < -0.39 is 5.41 Å². The molecule has 0 spiro atoms. The number of fused-ring (bicyclic) bond motifs is 6. The second-order valence-electron chi connectivity index (χ2n) is 19.5. The van der Waals surface area contributed by atoms with Crippen LogP contribution in [0.25, 0.3) is 83.1 Å². The third-order valence-electron chi connectivity index (χ3n) is 15.5. The fourth-order valence-corrected chi connectivity index (χ4v) is 12.3. The Morgan fingerprint density at radius 2 is 0.747 bits per heavy atom. The van der Waals surface area contributed by atoms with Gasteiger partial charge in [0.05, 0.1) is 22.1 Å². The number of hydrogen-bond acceptors (Lipinski definition) is 1. The van der Waals surface area contributed by atoms with Crippen LogP contribution in [0.5, 0.6) is 0 Å². The van der Waals surface area contributed by atoms with E-state index in [1.165, 1.54) is 83.0 Å². The first-order valence-corrected chi connectivity index (χ1v) is 25.9. The zero-order chi connectivity index (χ0) is 49.7. The van der Waals surface area contributed by atoms with Crippen LogP contribution in [0, 0.1) is 0 Å². The second-order valence-corrected chi connectivity index (χ2v) is 19.5. The molecule has 2 nitrogen and oxygen atoms in total. The van der Waals surface area contributed by atoms with Gasteiger partial charge in [0.2, 0.25) is 0 Å². The molecule has 75 heavy (non-hydrogen) atoms. The van der Waals surface area contributed by atoms with E-state index in [4.69, 9.17) is 0 Å². The molecule has 352 valence electrons. The fraction of sp³-hybridized carbons (Fsp3) is 0.0137. The SMILES string of the molecule is c1ccc(-c2ccccc2-c2ccccc2-c2ccccc2N(c2ccc(-c3ccc4c(c3)C(c3ccccc3)(c3ccccc3)c3ccccc3-4)cc2)c2cccc(-n3c4ccccc4c4ccccc43)c2)cc1. The standard InChI is InChI=1S/C73H50N2/c1-4-23-52(24-5-1)59-31-10-11-32-60(59)61-33-12-13-34-62(61)65-36-15-19-40-70(65)74(57-29-22-30-58(50-57)75-71-41-20-16-37-66(71)67-38-17-21-42-72(67)75)56-46-43-51(44-47-56)53-45-48-64-63-35-14-18-39-68(63)73(69(64)49-53,54-25-6-2-7-26-54)55-27-8-3-9-28-55/h1-50H. The molecule has 0 radical (unpaired) electrons. The molecular weight excluding hydrogens is 905 g/mol. The van der Waals surface area contributed by atoms with E-state index in [1.807, 2.05) is 0 Å². The average molecular weight is 955 g/mol. The minimum Gasteiger partial charge on any atom is -0.310 e. The largest absolute Gasteiger partial charge is 0.310 e. The molecule has 0 fully saturated rings. The van der Waals surface area contributed by atoms with Gasteiger partial charge in [-0.1, -0.05) is 249 Å². The van der Waals surface area contributed by atoms with Gasteiger partial charge in [-0.05, 0) is 127 Å². The first-order chi connectivity index (χ1) is 37.2. The van der Waals surface area contributed by atoms with Gasteiger partial charge in [-0.15, -0.1) is 0 Å². The molecule has 1 aromatic heterocycles. The highest BCUT2D eigenvalue weighted by Crippen LogP contribution is 2.57. The van der Waals surface area contributed by atoms with E-state index in [0.29, 0.717) is 0 Å². The highest BCUT2D eigenvalue weighted by atomic mass is 15.1. The molecule has 0 bridgehead atoms. The van der Waals surface area contributed by atoms with Crippen molar-refractivity contribution in [2.45, 2.75) is 5.41 Å². The number of benzene rings is 12. The van der Waals surface area contributed by atoms with Crippen LogP contribution in [0.3, 0.4) is 0 Å². The molecule has 1 aliphatic rings. The van der Waals surface area contributed by atoms with Gasteiger partial charge in [0.25, 0.3) is 0 Å². The Hall–Kier alpha value is -9.76. The van der Waals surface area contributed by atoms with Crippen molar-refractivity contribution in [3.63, 3.8) is 0 Å². The van der Waals surface area contributed by atoms with Crippen LogP contribution in [0.15, 0.2) is 303 Å². The summed E-state index contributed by atoms with van der Waals surface area (Å²) in [5, 5.41) is 2.48. The first-order valence-electron chi connectivity index (χ1n) is 25.9. The number of nitrogens with zero attached hydrogens (tertiary/aromatic N) is 2. The lowest BCUT2D eigenvalue weighted by molar-refractivity contribution is 0.769. The number of anilines is 3. The molecule has 0 N–H and O–H groups in total. The normalized spacial score (nSPS) is 12.4. The van der Waals surface area contributed by atoms with Crippen molar-refractivity contribution < 1.29 is 0 Å². The van der Waals surface area contributed by atoms with Crippen LogP contribution in [0.4, 0.5) is 17.1 Å². The van der Waals surface area contributed by atoms with E-state index in [-0.39, 0.29) is 0 Å². The van der Waals surface area contributed by atoms with Gasteiger partial charge in [0.15, 0.2) is 0 Å². The fourth-order valence-electron chi connectivity index (χ4n) is 12.3. The van der Waals surface area contributed by atoms with Crippen LogP contribution >= 0.6 is 0 Å². The van der Waals surface area contributed by atoms with Gasteiger partial charge < -0.3 is 9.47 Å². The Labute approximate surface area is 438 Å². The summed E-state index contributed by atoms with van der Waals surface area (Å²) in [6.07, 6.45) is 0. The Morgan fingerprint density at radius 3 is 1.40 bits per heavy atom. The lowest BCUT2D eigenvalue weighted by atomic mass is 9.67. The summed E-state index contributed by atoms with van der Waals surface area (Å²) in [4.78, 5) is 2.45. The molecule has 2 heteroatoms. The molecule has 0 amide bonds. The average Bonchev–Trinajstić information content (AvgIpc) is 4.04. The van der Waals surface area contributed by atoms with Crippen LogP contribution in [0.1, 0.15) is 22.3 Å². The molecule has 0 unspecified atom stereocenters. The van der Waals surface area contributed by atoms with Gasteiger partial charge in [-0.25, -0.2) is 0 Å². The molecular formula is C73H50N2. The molecule has 0 saturated heterocycles. The number of aromatic nitrogens is 1. The molecule has 1 heterocycles. The monoisotopic (exact) mass is 954 g/mol. The Kier molecular flexibility index (Phi) is 10.8. The van der Waals surface area contributed by atoms with Gasteiger partial charge >= 0.3 is 0 Å². The maximum absolute atomic E-state index is 2.46. The van der Waals surface area contributed by atoms with Crippen molar-refractivity contribution in [3.05, 3.63) is 326 Å². The van der Waals surface area contributed by atoms with Gasteiger partial charge in [0.1, 0.15) is 0 Å². The molecule has 13 aromatic rings. The summed E-state index contributed by atoms with van der Waals surface area (Å²) in [5.41, 5.74) is 23.3. The van der Waals surface area contributed by atoms with E-state index in [0.717, 1.165) is 39.4 Å². The van der Waals surface area contributed by atoms with Gasteiger partial charge in [-0.3, -0.25) is 0 Å². The van der Waals surface area contributed by atoms with Crippen molar-refractivity contribution in [3.8, 4) is 61.3 Å². The van der Waals surface area contributed by atoms with Crippen LogP contribution in [-0.2, 0) is 5.41 Å². The Bertz CT molecular complexity index is 4130. The smallest absolute Gasteiger partial charge is 0.0713 e. The molecule has 0 saturated carbocycles. The molecule has 0 aliphatic heterocycles. The number of hydrogen-bond donors (Lipinski definition) is 0. The van der Waals surface area contributed by atoms with Crippen LogP contribution in [-0.4, -0.2) is 4.57 Å². The second kappa shape index (κ2) is 18.4. The summed E-state index contributed by atoms with van der Waals surface area (Å²) < 4.78 is 2.41. The summed E-state index contributed by atoms with van der Waals surface area (Å²) in [5.74, 6) is 0. The molecule has 14 rings (SSSR count). The quantitative estimate of drug-likeness (QED) is 0.133. The van der Waals surface area contributed by atoms with Gasteiger partial charge in [0, 0.05) is 33.4 Å². The topological polar surface area (TPSA) is 8.17 Å².